The molecule has 1 fully saturated rings. The third kappa shape index (κ3) is 4.80. The molecule has 0 aliphatic carbocycles. The summed E-state index contributed by atoms with van der Waals surface area (Å²) in [6.07, 6.45) is -0.328. The molecule has 0 unspecified atom stereocenters. The number of aromatic nitrogens is 4. The third-order valence-electron chi connectivity index (χ3n) is 4.53. The van der Waals surface area contributed by atoms with Gasteiger partial charge in [0.05, 0.1) is 5.75 Å². The summed E-state index contributed by atoms with van der Waals surface area (Å²) in [5.41, 5.74) is 6.63. The Labute approximate surface area is 204 Å². The van der Waals surface area contributed by atoms with Gasteiger partial charge < -0.3 is 25.7 Å². The second-order valence-corrected chi connectivity index (χ2v) is 10.00. The fraction of sp³-hybridized carbons (Fsp3) is 0.412. The highest BCUT2D eigenvalue weighted by Crippen LogP contribution is 2.35. The Balaban J connectivity index is 1.50. The molecule has 17 heteroatoms. The van der Waals surface area contributed by atoms with Gasteiger partial charge in [-0.3, -0.25) is 14.5 Å². The minimum atomic E-state index is -1.31. The van der Waals surface area contributed by atoms with Gasteiger partial charge in [0.25, 0.3) is 11.8 Å². The number of amides is 2. The first-order valence-electron chi connectivity index (χ1n) is 9.71. The van der Waals surface area contributed by atoms with Crippen LogP contribution in [-0.4, -0.2) is 83.6 Å². The predicted octanol–water partition coefficient (Wildman–Crippen LogP) is -0.0848. The van der Waals surface area contributed by atoms with E-state index in [1.54, 1.807) is 19.4 Å². The Morgan fingerprint density at radius 2 is 2.29 bits per heavy atom. The second-order valence-electron chi connectivity index (χ2n) is 7.16. The molecule has 0 saturated carbocycles. The molecule has 2 aliphatic heterocycles. The van der Waals surface area contributed by atoms with Crippen LogP contribution in [0.15, 0.2) is 26.5 Å². The highest BCUT2D eigenvalue weighted by atomic mass is 32.2. The van der Waals surface area contributed by atoms with Gasteiger partial charge in [-0.2, -0.15) is 9.36 Å². The first-order valence-corrected chi connectivity index (χ1v) is 12.4. The van der Waals surface area contributed by atoms with Crippen LogP contribution in [0.25, 0.3) is 0 Å². The van der Waals surface area contributed by atoms with Crippen LogP contribution < -0.4 is 11.1 Å². The number of rotatable bonds is 9. The third-order valence-corrected chi connectivity index (χ3v) is 6.94. The maximum Gasteiger partial charge on any atom is 0.356 e. The number of fused-ring (bicyclic) bond motifs is 1. The zero-order chi connectivity index (χ0) is 24.4. The van der Waals surface area contributed by atoms with Crippen LogP contribution in [-0.2, 0) is 24.0 Å². The predicted molar refractivity (Wildman–Crippen MR) is 121 cm³/mol. The number of thioether (sulfide) groups is 1. The molecule has 2 aliphatic rings. The SMILES string of the molecule is CC(C)O/N=C(\C(=O)N[C@@H]1C(=O)N2C(C(=O)O)=C(CSc3nncs3)OC[C@H]12)c1nsc(N)n1. The summed E-state index contributed by atoms with van der Waals surface area (Å²) in [6, 6.07) is -1.74. The molecule has 180 valence electrons. The average Bonchev–Trinajstić information content (AvgIpc) is 3.47. The molecule has 2 aromatic heterocycles. The fourth-order valence-electron chi connectivity index (χ4n) is 3.11. The Morgan fingerprint density at radius 3 is 2.91 bits per heavy atom. The van der Waals surface area contributed by atoms with Crippen LogP contribution in [0, 0.1) is 0 Å². The van der Waals surface area contributed by atoms with E-state index in [0.29, 0.717) is 4.34 Å². The number of carboxylic acids is 1. The second kappa shape index (κ2) is 9.90. The number of carbonyl (C=O) groups is 3. The number of nitrogens with zero attached hydrogens (tertiary/aromatic N) is 6. The number of hydrogen-bond acceptors (Lipinski definition) is 14. The van der Waals surface area contributed by atoms with Crippen molar-refractivity contribution in [2.45, 2.75) is 36.4 Å². The van der Waals surface area contributed by atoms with Crippen molar-refractivity contribution in [2.24, 2.45) is 5.16 Å². The number of carbonyl (C=O) groups excluding carboxylic acids is 2. The van der Waals surface area contributed by atoms with Gasteiger partial charge >= 0.3 is 5.97 Å². The number of ether oxygens (including phenoxy) is 1. The van der Waals surface area contributed by atoms with Crippen molar-refractivity contribution in [2.75, 3.05) is 18.1 Å². The van der Waals surface area contributed by atoms with E-state index in [-0.39, 0.29) is 46.6 Å². The number of aliphatic carboxylic acids is 1. The number of oxime groups is 1. The topological polar surface area (TPSA) is 195 Å². The highest BCUT2D eigenvalue weighted by Gasteiger charge is 2.55. The van der Waals surface area contributed by atoms with E-state index in [0.717, 1.165) is 16.4 Å². The van der Waals surface area contributed by atoms with E-state index in [9.17, 15) is 19.5 Å². The van der Waals surface area contributed by atoms with E-state index < -0.39 is 29.9 Å². The Hall–Kier alpha value is -3.31. The minimum Gasteiger partial charge on any atom is -0.492 e. The molecule has 14 nitrogen and oxygen atoms in total. The van der Waals surface area contributed by atoms with E-state index in [1.807, 2.05) is 0 Å². The van der Waals surface area contributed by atoms with Crippen molar-refractivity contribution in [3.8, 4) is 0 Å². The van der Waals surface area contributed by atoms with Crippen molar-refractivity contribution in [1.29, 1.82) is 0 Å². The van der Waals surface area contributed by atoms with Crippen molar-refractivity contribution in [1.82, 2.24) is 29.8 Å². The van der Waals surface area contributed by atoms with Crippen molar-refractivity contribution < 1.29 is 29.1 Å². The van der Waals surface area contributed by atoms with Gasteiger partial charge in [0.15, 0.2) is 15.2 Å². The van der Waals surface area contributed by atoms with Crippen LogP contribution in [0.2, 0.25) is 0 Å². The van der Waals surface area contributed by atoms with Crippen LogP contribution in [0.1, 0.15) is 19.7 Å². The van der Waals surface area contributed by atoms with Gasteiger partial charge in [-0.05, 0) is 13.8 Å². The molecule has 2 aromatic rings. The molecule has 4 rings (SSSR count). The summed E-state index contributed by atoms with van der Waals surface area (Å²) in [7, 11) is 0. The largest absolute Gasteiger partial charge is 0.492 e. The summed E-state index contributed by atoms with van der Waals surface area (Å²) in [4.78, 5) is 47.9. The summed E-state index contributed by atoms with van der Waals surface area (Å²) < 4.78 is 10.3. The lowest BCUT2D eigenvalue weighted by Gasteiger charge is -2.49. The lowest BCUT2D eigenvalue weighted by molar-refractivity contribution is -0.160. The lowest BCUT2D eigenvalue weighted by atomic mass is 9.92. The number of anilines is 1. The first-order chi connectivity index (χ1) is 16.3. The van der Waals surface area contributed by atoms with Crippen molar-refractivity contribution in [3.05, 3.63) is 22.8 Å². The van der Waals surface area contributed by atoms with Gasteiger partial charge in [0, 0.05) is 11.5 Å². The quantitative estimate of drug-likeness (QED) is 0.170. The maximum atomic E-state index is 12.9. The van der Waals surface area contributed by atoms with Crippen LogP contribution in [0.4, 0.5) is 5.13 Å². The normalized spacial score (nSPS) is 20.0. The number of β-lactam (4-membered cyclic amide) rings is 1. The molecule has 0 aromatic carbocycles. The molecular weight excluding hydrogens is 508 g/mol. The van der Waals surface area contributed by atoms with Crippen LogP contribution in [0.3, 0.4) is 0 Å². The highest BCUT2D eigenvalue weighted by molar-refractivity contribution is 8.01. The zero-order valence-corrected chi connectivity index (χ0v) is 20.1. The van der Waals surface area contributed by atoms with Gasteiger partial charge in [0.1, 0.15) is 36.1 Å². The summed E-state index contributed by atoms with van der Waals surface area (Å²) in [5.74, 6) is -2.43. The summed E-state index contributed by atoms with van der Waals surface area (Å²) in [5, 5.41) is 23.8. The van der Waals surface area contributed by atoms with Crippen molar-refractivity contribution >= 4 is 63.3 Å². The number of hydrogen-bond donors (Lipinski definition) is 3. The monoisotopic (exact) mass is 526 g/mol. The number of carboxylic acid groups (broad SMARTS) is 1. The molecule has 1 saturated heterocycles. The summed E-state index contributed by atoms with van der Waals surface area (Å²) in [6.45, 7) is 3.43. The van der Waals surface area contributed by atoms with Gasteiger partial charge in [-0.15, -0.1) is 10.2 Å². The summed E-state index contributed by atoms with van der Waals surface area (Å²) >= 11 is 3.42. The first kappa shape index (κ1) is 23.8. The van der Waals surface area contributed by atoms with E-state index in [2.05, 4.69) is 30.0 Å². The minimum absolute atomic E-state index is 0.00362. The molecular formula is C17H18N8O6S3. The molecule has 4 heterocycles. The maximum absolute atomic E-state index is 12.9. The lowest BCUT2D eigenvalue weighted by Crippen LogP contribution is -2.73. The molecule has 4 N–H and O–H groups in total. The number of nitrogens with two attached hydrogens (primary N) is 1. The molecule has 2 amide bonds. The number of nitrogen functional groups attached to an aromatic ring is 1. The Morgan fingerprint density at radius 1 is 1.50 bits per heavy atom. The fourth-order valence-corrected chi connectivity index (χ4v) is 4.98. The van der Waals surface area contributed by atoms with Gasteiger partial charge in [0.2, 0.25) is 11.5 Å². The smallest absolute Gasteiger partial charge is 0.356 e. The van der Waals surface area contributed by atoms with Gasteiger partial charge in [-0.1, -0.05) is 28.3 Å². The van der Waals surface area contributed by atoms with E-state index in [1.165, 1.54) is 23.1 Å². The Kier molecular flexibility index (Phi) is 6.94. The zero-order valence-electron chi connectivity index (χ0n) is 17.7. The standard InChI is InChI=1S/C17H18N8O6S3/c1-6(2)31-23-10(12-21-16(18)34-24-12)13(26)20-9-7-3-30-8(4-32-17-22-19-5-33-17)11(15(28)29)25(7)14(9)27/h5-7,9H,3-4H2,1-2H3,(H,20,26)(H,28,29)(H2,18,21,24)/b23-10-/t7-,9+/m1/s1. The van der Waals surface area contributed by atoms with E-state index >= 15 is 0 Å². The molecule has 0 radical (unpaired) electrons. The number of nitrogens with one attached hydrogen (secondary N) is 1. The molecule has 0 spiro atoms. The van der Waals surface area contributed by atoms with Crippen molar-refractivity contribution in [3.63, 3.8) is 0 Å². The van der Waals surface area contributed by atoms with E-state index in [4.69, 9.17) is 15.3 Å². The Bertz CT molecular complexity index is 1160. The molecule has 0 bridgehead atoms. The molecule has 34 heavy (non-hydrogen) atoms. The van der Waals surface area contributed by atoms with Crippen LogP contribution >= 0.6 is 34.6 Å². The average molecular weight is 527 g/mol. The van der Waals surface area contributed by atoms with Gasteiger partial charge in [-0.25, -0.2) is 4.79 Å². The molecule has 2 atom stereocenters. The van der Waals surface area contributed by atoms with Crippen LogP contribution in [0.5, 0.6) is 0 Å².